The minimum absolute atomic E-state index is 0.0865. The predicted molar refractivity (Wildman–Crippen MR) is 74.7 cm³/mol. The summed E-state index contributed by atoms with van der Waals surface area (Å²) in [6.45, 7) is -2.95. The van der Waals surface area contributed by atoms with Crippen LogP contribution >= 0.6 is 0 Å². The molecular formula is C15H17F2NO3. The summed E-state index contributed by atoms with van der Waals surface area (Å²) in [5, 5.41) is 2.72. The average molecular weight is 297 g/mol. The second kappa shape index (κ2) is 7.06. The van der Waals surface area contributed by atoms with Gasteiger partial charge in [0.1, 0.15) is 0 Å². The molecule has 6 heteroatoms. The predicted octanol–water partition coefficient (Wildman–Crippen LogP) is 3.59. The molecule has 1 aromatic carbocycles. The highest BCUT2D eigenvalue weighted by Crippen LogP contribution is 2.32. The van der Waals surface area contributed by atoms with Gasteiger partial charge in [0, 0.05) is 17.7 Å². The molecule has 0 radical (unpaired) electrons. The molecule has 2 rings (SSSR count). The Morgan fingerprint density at radius 3 is 2.76 bits per heavy atom. The fourth-order valence-electron chi connectivity index (χ4n) is 2.22. The number of benzene rings is 1. The van der Waals surface area contributed by atoms with E-state index < -0.39 is 6.61 Å². The molecule has 1 aromatic rings. The molecule has 1 amide bonds. The maximum absolute atomic E-state index is 12.3. The van der Waals surface area contributed by atoms with Crippen molar-refractivity contribution in [1.82, 2.24) is 0 Å². The number of amides is 1. The summed E-state index contributed by atoms with van der Waals surface area (Å²) in [7, 11) is 1.36. The standard InChI is InChI=1S/C15H17F2NO3/c1-20-12-8-7-11(9-13(12)21-15(16)17)18-14(19)10-5-3-2-4-6-10/h2-3,7-10,15H,4-6H2,1H3,(H,18,19)/t10-/m0/s1. The molecule has 0 fully saturated rings. The van der Waals surface area contributed by atoms with Gasteiger partial charge >= 0.3 is 6.61 Å². The minimum atomic E-state index is -2.95. The molecule has 1 atom stereocenters. The fraction of sp³-hybridized carbons (Fsp3) is 0.400. The first-order valence-electron chi connectivity index (χ1n) is 6.69. The maximum Gasteiger partial charge on any atom is 0.387 e. The molecule has 0 saturated carbocycles. The molecule has 0 aromatic heterocycles. The van der Waals surface area contributed by atoms with Crippen molar-refractivity contribution in [2.24, 2.45) is 5.92 Å². The Kier molecular flexibility index (Phi) is 5.14. The topological polar surface area (TPSA) is 47.6 Å². The number of hydrogen-bond acceptors (Lipinski definition) is 3. The van der Waals surface area contributed by atoms with Crippen LogP contribution in [0.5, 0.6) is 11.5 Å². The third-order valence-electron chi connectivity index (χ3n) is 3.29. The van der Waals surface area contributed by atoms with Crippen LogP contribution in [0.1, 0.15) is 19.3 Å². The second-order valence-electron chi connectivity index (χ2n) is 4.71. The number of hydrogen-bond donors (Lipinski definition) is 1. The highest BCUT2D eigenvalue weighted by atomic mass is 19.3. The van der Waals surface area contributed by atoms with E-state index in [1.165, 1.54) is 19.2 Å². The molecule has 1 N–H and O–H groups in total. The third kappa shape index (κ3) is 4.18. The van der Waals surface area contributed by atoms with Crippen LogP contribution in [0.3, 0.4) is 0 Å². The SMILES string of the molecule is COc1ccc(NC(=O)[C@H]2CC=CCC2)cc1OC(F)F. The first kappa shape index (κ1) is 15.3. The van der Waals surface area contributed by atoms with Crippen molar-refractivity contribution in [3.8, 4) is 11.5 Å². The van der Waals surface area contributed by atoms with Gasteiger partial charge in [0.2, 0.25) is 5.91 Å². The third-order valence-corrected chi connectivity index (χ3v) is 3.29. The zero-order chi connectivity index (χ0) is 15.2. The van der Waals surface area contributed by atoms with E-state index in [0.717, 1.165) is 12.8 Å². The van der Waals surface area contributed by atoms with Crippen LogP contribution in [0.25, 0.3) is 0 Å². The highest BCUT2D eigenvalue weighted by Gasteiger charge is 2.19. The number of alkyl halides is 2. The van der Waals surface area contributed by atoms with Crippen LogP contribution in [0.15, 0.2) is 30.4 Å². The van der Waals surface area contributed by atoms with E-state index in [1.807, 2.05) is 12.2 Å². The molecule has 0 bridgehead atoms. The number of nitrogens with one attached hydrogen (secondary N) is 1. The lowest BCUT2D eigenvalue weighted by atomic mass is 9.93. The summed E-state index contributed by atoms with van der Waals surface area (Å²) in [6.07, 6.45) is 6.39. The van der Waals surface area contributed by atoms with Crippen LogP contribution in [0.2, 0.25) is 0 Å². The average Bonchev–Trinajstić information content (AvgIpc) is 2.48. The monoisotopic (exact) mass is 297 g/mol. The molecule has 0 saturated heterocycles. The van der Waals surface area contributed by atoms with Crippen LogP contribution < -0.4 is 14.8 Å². The number of carbonyl (C=O) groups is 1. The number of allylic oxidation sites excluding steroid dienone is 2. The van der Waals surface area contributed by atoms with Gasteiger partial charge in [-0.25, -0.2) is 0 Å². The molecule has 1 aliphatic carbocycles. The van der Waals surface area contributed by atoms with Gasteiger partial charge in [-0.15, -0.1) is 0 Å². The molecule has 0 spiro atoms. The van der Waals surface area contributed by atoms with Gasteiger partial charge in [-0.2, -0.15) is 8.78 Å². The summed E-state index contributed by atoms with van der Waals surface area (Å²) in [4.78, 5) is 12.1. The van der Waals surface area contributed by atoms with Crippen LogP contribution in [0.4, 0.5) is 14.5 Å². The van der Waals surface area contributed by atoms with Crippen molar-refractivity contribution in [1.29, 1.82) is 0 Å². The normalized spacial score (nSPS) is 17.6. The van der Waals surface area contributed by atoms with Gasteiger partial charge in [-0.1, -0.05) is 12.2 Å². The number of methoxy groups -OCH3 is 1. The van der Waals surface area contributed by atoms with Crippen molar-refractivity contribution >= 4 is 11.6 Å². The summed E-state index contributed by atoms with van der Waals surface area (Å²) >= 11 is 0. The Hall–Kier alpha value is -2.11. The quantitative estimate of drug-likeness (QED) is 0.845. The van der Waals surface area contributed by atoms with Crippen molar-refractivity contribution in [3.63, 3.8) is 0 Å². The van der Waals surface area contributed by atoms with E-state index in [9.17, 15) is 13.6 Å². The lowest BCUT2D eigenvalue weighted by Gasteiger charge is -2.18. The summed E-state index contributed by atoms with van der Waals surface area (Å²) in [5.74, 6) is -0.119. The van der Waals surface area contributed by atoms with E-state index >= 15 is 0 Å². The number of rotatable bonds is 5. The van der Waals surface area contributed by atoms with E-state index in [-0.39, 0.29) is 23.3 Å². The lowest BCUT2D eigenvalue weighted by molar-refractivity contribution is -0.120. The van der Waals surface area contributed by atoms with Crippen LogP contribution in [-0.2, 0) is 4.79 Å². The van der Waals surface area contributed by atoms with E-state index in [0.29, 0.717) is 12.1 Å². The Balaban J connectivity index is 2.09. The zero-order valence-corrected chi connectivity index (χ0v) is 11.6. The smallest absolute Gasteiger partial charge is 0.387 e. The van der Waals surface area contributed by atoms with E-state index in [1.54, 1.807) is 6.07 Å². The van der Waals surface area contributed by atoms with Gasteiger partial charge in [-0.3, -0.25) is 4.79 Å². The van der Waals surface area contributed by atoms with Gasteiger partial charge < -0.3 is 14.8 Å². The first-order valence-corrected chi connectivity index (χ1v) is 6.69. The number of ether oxygens (including phenoxy) is 2. The maximum atomic E-state index is 12.3. The Morgan fingerprint density at radius 2 is 2.14 bits per heavy atom. The summed E-state index contributed by atoms with van der Waals surface area (Å²) < 4.78 is 34.0. The molecule has 0 heterocycles. The van der Waals surface area contributed by atoms with Crippen molar-refractivity contribution < 1.29 is 23.0 Å². The Bertz CT molecular complexity index is 532. The highest BCUT2D eigenvalue weighted by molar-refractivity contribution is 5.93. The van der Waals surface area contributed by atoms with E-state index in [2.05, 4.69) is 10.1 Å². The molecular weight excluding hydrogens is 280 g/mol. The van der Waals surface area contributed by atoms with Crippen LogP contribution in [-0.4, -0.2) is 19.6 Å². The van der Waals surface area contributed by atoms with Crippen molar-refractivity contribution in [3.05, 3.63) is 30.4 Å². The number of anilines is 1. The van der Waals surface area contributed by atoms with Crippen molar-refractivity contribution in [2.75, 3.05) is 12.4 Å². The summed E-state index contributed by atoms with van der Waals surface area (Å²) in [6, 6.07) is 4.41. The van der Waals surface area contributed by atoms with Gasteiger partial charge in [-0.05, 0) is 31.4 Å². The minimum Gasteiger partial charge on any atom is -0.493 e. The number of carbonyl (C=O) groups excluding carboxylic acids is 1. The number of halogens is 2. The molecule has 1 aliphatic rings. The van der Waals surface area contributed by atoms with Crippen molar-refractivity contribution in [2.45, 2.75) is 25.9 Å². The summed E-state index contributed by atoms with van der Waals surface area (Å²) in [5.41, 5.74) is 0.408. The van der Waals surface area contributed by atoms with Gasteiger partial charge in [0.15, 0.2) is 11.5 Å². The van der Waals surface area contributed by atoms with Gasteiger partial charge in [0.05, 0.1) is 7.11 Å². The second-order valence-corrected chi connectivity index (χ2v) is 4.71. The lowest BCUT2D eigenvalue weighted by Crippen LogP contribution is -2.23. The molecule has 21 heavy (non-hydrogen) atoms. The largest absolute Gasteiger partial charge is 0.493 e. The fourth-order valence-corrected chi connectivity index (χ4v) is 2.22. The van der Waals surface area contributed by atoms with Crippen LogP contribution in [0, 0.1) is 5.92 Å². The zero-order valence-electron chi connectivity index (χ0n) is 11.6. The van der Waals surface area contributed by atoms with E-state index in [4.69, 9.17) is 4.74 Å². The first-order chi connectivity index (χ1) is 10.1. The Morgan fingerprint density at radius 1 is 1.33 bits per heavy atom. The van der Waals surface area contributed by atoms with Gasteiger partial charge in [0.25, 0.3) is 0 Å². The molecule has 4 nitrogen and oxygen atoms in total. The Labute approximate surface area is 121 Å². The molecule has 114 valence electrons. The molecule has 0 unspecified atom stereocenters. The molecule has 0 aliphatic heterocycles.